The number of hydrogen-bond acceptors (Lipinski definition) is 2. The fourth-order valence-electron chi connectivity index (χ4n) is 2.98. The maximum atomic E-state index is 12.3. The van der Waals surface area contributed by atoms with Crippen molar-refractivity contribution >= 4 is 12.0 Å². The van der Waals surface area contributed by atoms with E-state index in [1.807, 2.05) is 36.4 Å². The van der Waals surface area contributed by atoms with Gasteiger partial charge in [-0.15, -0.1) is 0 Å². The molecule has 0 saturated heterocycles. The molecule has 0 saturated carbocycles. The number of rotatable bonds is 5. The largest absolute Gasteiger partial charge is 0.493 e. The zero-order valence-corrected chi connectivity index (χ0v) is 14.2. The number of ether oxygens (including phenoxy) is 1. The second-order valence-corrected chi connectivity index (χ2v) is 6.44. The van der Waals surface area contributed by atoms with Crippen molar-refractivity contribution in [2.24, 2.45) is 5.92 Å². The van der Waals surface area contributed by atoms with Crippen molar-refractivity contribution < 1.29 is 9.53 Å². The quantitative estimate of drug-likeness (QED) is 0.840. The van der Waals surface area contributed by atoms with E-state index in [-0.39, 0.29) is 11.9 Å². The molecule has 1 amide bonds. The van der Waals surface area contributed by atoms with E-state index in [1.165, 1.54) is 5.56 Å². The predicted octanol–water partition coefficient (Wildman–Crippen LogP) is 4.15. The predicted molar refractivity (Wildman–Crippen MR) is 96.8 cm³/mol. The molecule has 1 N–H and O–H groups in total. The summed E-state index contributed by atoms with van der Waals surface area (Å²) < 4.78 is 5.50. The molecule has 0 aliphatic carbocycles. The first-order valence-corrected chi connectivity index (χ1v) is 8.43. The smallest absolute Gasteiger partial charge is 0.244 e. The highest BCUT2D eigenvalue weighted by molar-refractivity contribution is 5.92. The van der Waals surface area contributed by atoms with Crippen LogP contribution in [0.2, 0.25) is 0 Å². The van der Waals surface area contributed by atoms with E-state index in [1.54, 1.807) is 6.08 Å². The first-order valence-electron chi connectivity index (χ1n) is 8.43. The first-order chi connectivity index (χ1) is 11.6. The molecule has 3 heteroatoms. The summed E-state index contributed by atoms with van der Waals surface area (Å²) in [5, 5.41) is 3.10. The van der Waals surface area contributed by atoms with Gasteiger partial charge in [-0.3, -0.25) is 4.79 Å². The van der Waals surface area contributed by atoms with Crippen molar-refractivity contribution in [3.05, 3.63) is 71.3 Å². The second-order valence-electron chi connectivity index (χ2n) is 6.44. The van der Waals surface area contributed by atoms with Gasteiger partial charge in [0.2, 0.25) is 5.91 Å². The Bertz CT molecular complexity index is 735. The Kier molecular flexibility index (Phi) is 4.99. The third-order valence-corrected chi connectivity index (χ3v) is 4.26. The average molecular weight is 321 g/mol. The van der Waals surface area contributed by atoms with Gasteiger partial charge >= 0.3 is 0 Å². The standard InChI is InChI=1S/C21H23NO2/c1-15(2)21(17-6-4-3-5-7-17)22-20(23)11-9-16-8-10-19-18(14-16)12-13-24-19/h3-11,14-15,21H,12-13H2,1-2H3,(H,22,23)/b11-9+. The first kappa shape index (κ1) is 16.3. The van der Waals surface area contributed by atoms with Crippen LogP contribution in [0.5, 0.6) is 5.75 Å². The molecule has 3 rings (SSSR count). The third-order valence-electron chi connectivity index (χ3n) is 4.26. The van der Waals surface area contributed by atoms with E-state index in [9.17, 15) is 4.79 Å². The molecular weight excluding hydrogens is 298 g/mol. The summed E-state index contributed by atoms with van der Waals surface area (Å²) in [6.07, 6.45) is 4.40. The number of amides is 1. The molecular formula is C21H23NO2. The molecule has 0 aromatic heterocycles. The van der Waals surface area contributed by atoms with Gasteiger partial charge in [0.05, 0.1) is 12.6 Å². The van der Waals surface area contributed by atoms with Crippen LogP contribution in [0.1, 0.15) is 36.6 Å². The summed E-state index contributed by atoms with van der Waals surface area (Å²) in [7, 11) is 0. The number of carbonyl (C=O) groups excluding carboxylic acids is 1. The lowest BCUT2D eigenvalue weighted by molar-refractivity contribution is -0.117. The number of fused-ring (bicyclic) bond motifs is 1. The van der Waals surface area contributed by atoms with Crippen LogP contribution in [-0.2, 0) is 11.2 Å². The molecule has 1 heterocycles. The van der Waals surface area contributed by atoms with Crippen molar-refractivity contribution in [1.29, 1.82) is 0 Å². The van der Waals surface area contributed by atoms with Crippen LogP contribution in [-0.4, -0.2) is 12.5 Å². The number of hydrogen-bond donors (Lipinski definition) is 1. The third kappa shape index (κ3) is 3.85. The molecule has 0 bridgehead atoms. The molecule has 1 atom stereocenters. The van der Waals surface area contributed by atoms with Gasteiger partial charge in [0, 0.05) is 12.5 Å². The molecule has 0 radical (unpaired) electrons. The number of carbonyl (C=O) groups is 1. The second kappa shape index (κ2) is 7.35. The molecule has 1 aliphatic heterocycles. The molecule has 124 valence electrons. The molecule has 0 spiro atoms. The summed E-state index contributed by atoms with van der Waals surface area (Å²) in [6, 6.07) is 16.1. The van der Waals surface area contributed by atoms with Gasteiger partial charge in [-0.2, -0.15) is 0 Å². The van der Waals surface area contributed by atoms with Gasteiger partial charge in [-0.1, -0.05) is 50.2 Å². The minimum Gasteiger partial charge on any atom is -0.493 e. The van der Waals surface area contributed by atoms with Crippen molar-refractivity contribution in [2.75, 3.05) is 6.61 Å². The molecule has 2 aromatic carbocycles. The fraction of sp³-hybridized carbons (Fsp3) is 0.286. The van der Waals surface area contributed by atoms with Crippen LogP contribution < -0.4 is 10.1 Å². The summed E-state index contributed by atoms with van der Waals surface area (Å²) in [6.45, 7) is 4.97. The Hall–Kier alpha value is -2.55. The van der Waals surface area contributed by atoms with Crippen molar-refractivity contribution in [2.45, 2.75) is 26.3 Å². The van der Waals surface area contributed by atoms with E-state index < -0.39 is 0 Å². The van der Waals surface area contributed by atoms with E-state index in [4.69, 9.17) is 4.74 Å². The number of nitrogens with one attached hydrogen (secondary N) is 1. The highest BCUT2D eigenvalue weighted by Crippen LogP contribution is 2.26. The SMILES string of the molecule is CC(C)C(NC(=O)/C=C/c1ccc2c(c1)CCO2)c1ccccc1. The molecule has 2 aromatic rings. The van der Waals surface area contributed by atoms with Gasteiger partial charge in [0.1, 0.15) is 5.75 Å². The van der Waals surface area contributed by atoms with Crippen molar-refractivity contribution in [3.8, 4) is 5.75 Å². The normalized spacial score (nSPS) is 14.5. The van der Waals surface area contributed by atoms with E-state index in [2.05, 4.69) is 37.4 Å². The summed E-state index contributed by atoms with van der Waals surface area (Å²) in [5.74, 6) is 1.21. The van der Waals surface area contributed by atoms with Gasteiger partial charge in [-0.25, -0.2) is 0 Å². The number of benzene rings is 2. The zero-order chi connectivity index (χ0) is 16.9. The lowest BCUT2D eigenvalue weighted by atomic mass is 9.96. The average Bonchev–Trinajstić information content (AvgIpc) is 3.06. The lowest BCUT2D eigenvalue weighted by Gasteiger charge is -2.22. The molecule has 1 aliphatic rings. The van der Waals surface area contributed by atoms with Crippen LogP contribution in [0.3, 0.4) is 0 Å². The van der Waals surface area contributed by atoms with Gasteiger partial charge in [0.15, 0.2) is 0 Å². The van der Waals surface area contributed by atoms with E-state index in [0.29, 0.717) is 5.92 Å². The fourth-order valence-corrected chi connectivity index (χ4v) is 2.98. The minimum atomic E-state index is -0.0747. The maximum Gasteiger partial charge on any atom is 0.244 e. The van der Waals surface area contributed by atoms with Crippen LogP contribution in [0.15, 0.2) is 54.6 Å². The Balaban J connectivity index is 1.67. The van der Waals surface area contributed by atoms with E-state index in [0.717, 1.165) is 29.9 Å². The zero-order valence-electron chi connectivity index (χ0n) is 14.2. The Morgan fingerprint density at radius 3 is 2.71 bits per heavy atom. The van der Waals surface area contributed by atoms with Crippen LogP contribution in [0.4, 0.5) is 0 Å². The van der Waals surface area contributed by atoms with Crippen molar-refractivity contribution in [3.63, 3.8) is 0 Å². The molecule has 3 nitrogen and oxygen atoms in total. The van der Waals surface area contributed by atoms with Crippen LogP contribution in [0, 0.1) is 5.92 Å². The van der Waals surface area contributed by atoms with Gasteiger partial charge in [-0.05, 0) is 40.8 Å². The Labute approximate surface area is 143 Å². The summed E-state index contributed by atoms with van der Waals surface area (Å²) >= 11 is 0. The highest BCUT2D eigenvalue weighted by Gasteiger charge is 2.17. The van der Waals surface area contributed by atoms with Crippen LogP contribution in [0.25, 0.3) is 6.08 Å². The lowest BCUT2D eigenvalue weighted by Crippen LogP contribution is -2.30. The topological polar surface area (TPSA) is 38.3 Å². The minimum absolute atomic E-state index is 0.0109. The van der Waals surface area contributed by atoms with Crippen LogP contribution >= 0.6 is 0 Å². The van der Waals surface area contributed by atoms with Gasteiger partial charge in [0.25, 0.3) is 0 Å². The monoisotopic (exact) mass is 321 g/mol. The highest BCUT2D eigenvalue weighted by atomic mass is 16.5. The molecule has 24 heavy (non-hydrogen) atoms. The molecule has 1 unspecified atom stereocenters. The van der Waals surface area contributed by atoms with Crippen molar-refractivity contribution in [1.82, 2.24) is 5.32 Å². The summed E-state index contributed by atoms with van der Waals surface area (Å²) in [5.41, 5.74) is 3.36. The van der Waals surface area contributed by atoms with Gasteiger partial charge < -0.3 is 10.1 Å². The molecule has 0 fully saturated rings. The Morgan fingerprint density at radius 2 is 1.96 bits per heavy atom. The van der Waals surface area contributed by atoms with E-state index >= 15 is 0 Å². The Morgan fingerprint density at radius 1 is 1.17 bits per heavy atom. The summed E-state index contributed by atoms with van der Waals surface area (Å²) in [4.78, 5) is 12.3. The maximum absolute atomic E-state index is 12.3.